The lowest BCUT2D eigenvalue weighted by molar-refractivity contribution is 0.170. The Morgan fingerprint density at radius 2 is 1.33 bits per heavy atom. The average molecular weight is 248 g/mol. The van der Waals surface area contributed by atoms with Crippen molar-refractivity contribution in [3.63, 3.8) is 0 Å². The fourth-order valence-corrected chi connectivity index (χ4v) is 3.52. The van der Waals surface area contributed by atoms with Crippen molar-refractivity contribution in [3.05, 3.63) is 0 Å². The zero-order chi connectivity index (χ0) is 13.6. The van der Waals surface area contributed by atoms with Crippen LogP contribution in [0.3, 0.4) is 0 Å². The molecule has 0 amide bonds. The van der Waals surface area contributed by atoms with E-state index in [0.717, 1.165) is 5.92 Å². The molecule has 0 heterocycles. The zero-order valence-electron chi connectivity index (χ0n) is 13.6. The smallest absolute Gasteiger partial charge is 0.0895 e. The third kappa shape index (κ3) is 4.67. The minimum absolute atomic E-state index is 0.604. The summed E-state index contributed by atoms with van der Waals surface area (Å²) < 4.78 is 0. The highest BCUT2D eigenvalue weighted by atomic mass is 14.3. The highest BCUT2D eigenvalue weighted by Crippen LogP contribution is 2.41. The van der Waals surface area contributed by atoms with Crippen LogP contribution in [0.5, 0.6) is 0 Å². The SMILES string of the molecule is BC1(BC)CCCCCC(C)(C(C)C)CCCC1. The van der Waals surface area contributed by atoms with Gasteiger partial charge in [-0.05, 0) is 24.2 Å². The Morgan fingerprint density at radius 3 is 1.83 bits per heavy atom. The van der Waals surface area contributed by atoms with Crippen LogP contribution in [0.25, 0.3) is 0 Å². The Morgan fingerprint density at radius 1 is 0.889 bits per heavy atom. The van der Waals surface area contributed by atoms with E-state index in [1.807, 2.05) is 0 Å². The first-order chi connectivity index (χ1) is 8.42. The van der Waals surface area contributed by atoms with Gasteiger partial charge in [0.2, 0.25) is 0 Å². The maximum absolute atomic E-state index is 2.54. The van der Waals surface area contributed by atoms with E-state index < -0.39 is 0 Å². The van der Waals surface area contributed by atoms with Gasteiger partial charge in [-0.25, -0.2) is 0 Å². The van der Waals surface area contributed by atoms with Crippen molar-refractivity contribution in [1.29, 1.82) is 0 Å². The second-order valence-corrected chi connectivity index (χ2v) is 7.74. The van der Waals surface area contributed by atoms with Crippen molar-refractivity contribution < 1.29 is 0 Å². The largest absolute Gasteiger partial charge is 0.115 e. The van der Waals surface area contributed by atoms with Crippen LogP contribution in [-0.2, 0) is 0 Å². The molecule has 0 radical (unpaired) electrons. The van der Waals surface area contributed by atoms with Gasteiger partial charge in [-0.15, -0.1) is 0 Å². The highest BCUT2D eigenvalue weighted by molar-refractivity contribution is 6.52. The summed E-state index contributed by atoms with van der Waals surface area (Å²) >= 11 is 0. The van der Waals surface area contributed by atoms with Crippen LogP contribution in [-0.4, -0.2) is 15.1 Å². The topological polar surface area (TPSA) is 0 Å². The first-order valence-corrected chi connectivity index (χ1v) is 8.42. The van der Waals surface area contributed by atoms with Gasteiger partial charge in [-0.2, -0.15) is 0 Å². The fourth-order valence-electron chi connectivity index (χ4n) is 3.52. The Bertz CT molecular complexity index is 239. The first kappa shape index (κ1) is 16.2. The highest BCUT2D eigenvalue weighted by Gasteiger charge is 2.29. The summed E-state index contributed by atoms with van der Waals surface area (Å²) in [6.07, 6.45) is 13.1. The van der Waals surface area contributed by atoms with Crippen LogP contribution in [0.2, 0.25) is 12.0 Å². The van der Waals surface area contributed by atoms with Crippen LogP contribution in [0.15, 0.2) is 0 Å². The molecular weight excluding hydrogens is 214 g/mol. The van der Waals surface area contributed by atoms with Crippen molar-refractivity contribution in [2.24, 2.45) is 11.3 Å². The number of hydrogen-bond donors (Lipinski definition) is 0. The monoisotopic (exact) mass is 248 g/mol. The fraction of sp³-hybridized carbons (Fsp3) is 1.00. The molecule has 2 heteroatoms. The molecule has 0 N–H and O–H groups in total. The quantitative estimate of drug-likeness (QED) is 0.635. The molecule has 0 nitrogen and oxygen atoms in total. The molecule has 2 atom stereocenters. The molecule has 0 aromatic heterocycles. The minimum atomic E-state index is 0.604. The van der Waals surface area contributed by atoms with Crippen molar-refractivity contribution in [2.45, 2.75) is 90.6 Å². The van der Waals surface area contributed by atoms with Crippen molar-refractivity contribution in [3.8, 4) is 0 Å². The van der Waals surface area contributed by atoms with Crippen molar-refractivity contribution in [1.82, 2.24) is 0 Å². The van der Waals surface area contributed by atoms with E-state index >= 15 is 0 Å². The Hall–Kier alpha value is 0.130. The van der Waals surface area contributed by atoms with Crippen LogP contribution < -0.4 is 0 Å². The molecule has 104 valence electrons. The second-order valence-electron chi connectivity index (χ2n) is 7.74. The van der Waals surface area contributed by atoms with Gasteiger partial charge in [0.15, 0.2) is 0 Å². The third-order valence-electron chi connectivity index (χ3n) is 6.05. The van der Waals surface area contributed by atoms with Crippen LogP contribution in [0.4, 0.5) is 0 Å². The molecule has 1 aliphatic rings. The van der Waals surface area contributed by atoms with Crippen LogP contribution >= 0.6 is 0 Å². The lowest BCUT2D eigenvalue weighted by Crippen LogP contribution is -2.23. The normalized spacial score (nSPS) is 36.1. The molecule has 0 aromatic carbocycles. The maximum Gasteiger partial charge on any atom is 0.115 e. The lowest BCUT2D eigenvalue weighted by Gasteiger charge is -2.34. The molecule has 1 saturated carbocycles. The molecule has 18 heavy (non-hydrogen) atoms. The van der Waals surface area contributed by atoms with E-state index in [0.29, 0.717) is 10.6 Å². The molecule has 0 spiro atoms. The van der Waals surface area contributed by atoms with Gasteiger partial charge in [0.05, 0.1) is 7.85 Å². The molecular formula is C16H34B2. The number of hydrogen-bond acceptors (Lipinski definition) is 0. The second kappa shape index (κ2) is 7.06. The molecule has 0 aliphatic heterocycles. The van der Waals surface area contributed by atoms with Gasteiger partial charge >= 0.3 is 0 Å². The Balaban J connectivity index is 2.59. The minimum Gasteiger partial charge on any atom is -0.0895 e. The van der Waals surface area contributed by atoms with Gasteiger partial charge in [0, 0.05) is 0 Å². The van der Waals surface area contributed by atoms with Crippen molar-refractivity contribution in [2.75, 3.05) is 0 Å². The van der Waals surface area contributed by atoms with E-state index in [-0.39, 0.29) is 0 Å². The molecule has 0 aromatic rings. The summed E-state index contributed by atoms with van der Waals surface area (Å²) in [5.41, 5.74) is 0.604. The third-order valence-corrected chi connectivity index (χ3v) is 6.05. The lowest BCUT2D eigenvalue weighted by atomic mass is 9.40. The predicted molar refractivity (Wildman–Crippen MR) is 88.7 cm³/mol. The molecule has 1 aliphatic carbocycles. The molecule has 2 unspecified atom stereocenters. The van der Waals surface area contributed by atoms with Gasteiger partial charge in [-0.1, -0.05) is 77.8 Å². The van der Waals surface area contributed by atoms with Crippen LogP contribution in [0, 0.1) is 11.3 Å². The van der Waals surface area contributed by atoms with E-state index in [2.05, 4.69) is 35.4 Å². The summed E-state index contributed by atoms with van der Waals surface area (Å²) in [6, 6.07) is 0. The first-order valence-electron chi connectivity index (χ1n) is 8.42. The van der Waals surface area contributed by atoms with E-state index in [4.69, 9.17) is 0 Å². The van der Waals surface area contributed by atoms with Crippen molar-refractivity contribution >= 4 is 15.1 Å². The summed E-state index contributed by atoms with van der Waals surface area (Å²) in [7, 11) is 3.89. The van der Waals surface area contributed by atoms with Gasteiger partial charge in [0.25, 0.3) is 0 Å². The van der Waals surface area contributed by atoms with Gasteiger partial charge < -0.3 is 0 Å². The summed E-state index contributed by atoms with van der Waals surface area (Å²) in [5.74, 6) is 0.843. The predicted octanol–water partition coefficient (Wildman–Crippen LogP) is 4.41. The summed E-state index contributed by atoms with van der Waals surface area (Å²) in [5, 5.41) is 0.637. The molecule has 1 rings (SSSR count). The zero-order valence-corrected chi connectivity index (χ0v) is 13.6. The maximum atomic E-state index is 2.54. The Kier molecular flexibility index (Phi) is 6.35. The Labute approximate surface area is 117 Å². The molecule has 0 saturated heterocycles. The van der Waals surface area contributed by atoms with Crippen LogP contribution in [0.1, 0.15) is 78.6 Å². The summed E-state index contributed by atoms with van der Waals surface area (Å²) in [6.45, 7) is 9.78. The summed E-state index contributed by atoms with van der Waals surface area (Å²) in [4.78, 5) is 0. The van der Waals surface area contributed by atoms with E-state index in [1.54, 1.807) is 0 Å². The van der Waals surface area contributed by atoms with E-state index in [9.17, 15) is 0 Å². The van der Waals surface area contributed by atoms with E-state index in [1.165, 1.54) is 65.1 Å². The molecule has 1 fully saturated rings. The standard InChI is InChI=1S/C16H34B2/c1-14(2)15(3)10-6-5-7-12-16(17,18-4)13-9-8-11-15/h14,18H,5-13,17H2,1-4H3. The van der Waals surface area contributed by atoms with Gasteiger partial charge in [-0.3, -0.25) is 0 Å². The molecule has 0 bridgehead atoms. The average Bonchev–Trinajstić information content (AvgIpc) is 2.36. The van der Waals surface area contributed by atoms with Gasteiger partial charge in [0.1, 0.15) is 7.28 Å². The number of rotatable bonds is 2.